The number of carbonyl (C=O) groups is 2. The molecule has 3 rings (SSSR count). The maximum absolute atomic E-state index is 12.8. The van der Waals surface area contributed by atoms with Gasteiger partial charge in [0.05, 0.1) is 25.4 Å². The van der Waals surface area contributed by atoms with Gasteiger partial charge in [-0.15, -0.1) is 0 Å². The third-order valence-corrected chi connectivity index (χ3v) is 4.50. The molecule has 1 aliphatic rings. The third kappa shape index (κ3) is 3.94. The van der Waals surface area contributed by atoms with Crippen molar-refractivity contribution in [2.75, 3.05) is 26.7 Å². The largest absolute Gasteiger partial charge is 0.365 e. The number of carbonyl (C=O) groups excluding carboxylic acids is 2. The van der Waals surface area contributed by atoms with Gasteiger partial charge in [-0.2, -0.15) is 5.10 Å². The summed E-state index contributed by atoms with van der Waals surface area (Å²) in [5.41, 5.74) is 3.68. The minimum Gasteiger partial charge on any atom is -0.365 e. The molecular formula is C19H24N4O3. The van der Waals surface area contributed by atoms with Crippen molar-refractivity contribution in [2.45, 2.75) is 26.5 Å². The highest BCUT2D eigenvalue weighted by atomic mass is 16.5. The van der Waals surface area contributed by atoms with Crippen LogP contribution in [0.1, 0.15) is 27.3 Å². The highest BCUT2D eigenvalue weighted by Gasteiger charge is 2.29. The van der Waals surface area contributed by atoms with Crippen molar-refractivity contribution < 1.29 is 14.3 Å². The summed E-state index contributed by atoms with van der Waals surface area (Å²) in [6.45, 7) is 5.70. The highest BCUT2D eigenvalue weighted by Crippen LogP contribution is 2.14. The molecule has 0 saturated carbocycles. The molecular weight excluding hydrogens is 332 g/mol. The topological polar surface area (TPSA) is 76.5 Å². The Labute approximate surface area is 152 Å². The Morgan fingerprint density at radius 2 is 2.12 bits per heavy atom. The van der Waals surface area contributed by atoms with Gasteiger partial charge in [-0.3, -0.25) is 14.3 Å². The van der Waals surface area contributed by atoms with Crippen LogP contribution in [-0.2, 0) is 16.1 Å². The maximum Gasteiger partial charge on any atom is 0.254 e. The summed E-state index contributed by atoms with van der Waals surface area (Å²) in [6, 6.07) is 9.59. The number of aryl methyl sites for hydroxylation is 2. The van der Waals surface area contributed by atoms with Crippen molar-refractivity contribution in [2.24, 2.45) is 0 Å². The molecule has 1 fully saturated rings. The van der Waals surface area contributed by atoms with Crippen molar-refractivity contribution in [1.29, 1.82) is 0 Å². The van der Waals surface area contributed by atoms with Crippen molar-refractivity contribution in [1.82, 2.24) is 20.0 Å². The fourth-order valence-corrected chi connectivity index (χ4v) is 3.15. The zero-order valence-electron chi connectivity index (χ0n) is 15.4. The van der Waals surface area contributed by atoms with Gasteiger partial charge in [0.2, 0.25) is 0 Å². The Balaban J connectivity index is 1.73. The van der Waals surface area contributed by atoms with Crippen LogP contribution < -0.4 is 5.32 Å². The maximum atomic E-state index is 12.8. The summed E-state index contributed by atoms with van der Waals surface area (Å²) in [5, 5.41) is 7.03. The van der Waals surface area contributed by atoms with Crippen molar-refractivity contribution in [3.8, 4) is 0 Å². The first kappa shape index (κ1) is 18.1. The Bertz CT molecular complexity index is 815. The molecule has 2 aromatic rings. The fourth-order valence-electron chi connectivity index (χ4n) is 3.15. The molecule has 0 spiro atoms. The van der Waals surface area contributed by atoms with Gasteiger partial charge in [-0.25, -0.2) is 0 Å². The van der Waals surface area contributed by atoms with Gasteiger partial charge in [0.25, 0.3) is 11.8 Å². The summed E-state index contributed by atoms with van der Waals surface area (Å²) >= 11 is 0. The SMILES string of the molecule is CNC(=O)[C@H]1CN(C(=O)c2cccc(Cn3nc(C)cc3C)c2)CCO1. The smallest absolute Gasteiger partial charge is 0.254 e. The molecule has 1 N–H and O–H groups in total. The molecule has 1 saturated heterocycles. The lowest BCUT2D eigenvalue weighted by molar-refractivity contribution is -0.136. The molecule has 0 radical (unpaired) electrons. The Morgan fingerprint density at radius 3 is 2.81 bits per heavy atom. The van der Waals surface area contributed by atoms with Crippen molar-refractivity contribution >= 4 is 11.8 Å². The Morgan fingerprint density at radius 1 is 1.31 bits per heavy atom. The molecule has 1 aromatic heterocycles. The predicted molar refractivity (Wildman–Crippen MR) is 97.0 cm³/mol. The minimum absolute atomic E-state index is 0.0857. The van der Waals surface area contributed by atoms with Crippen LogP contribution in [-0.4, -0.2) is 59.3 Å². The van der Waals surface area contributed by atoms with E-state index in [0.717, 1.165) is 17.0 Å². The van der Waals surface area contributed by atoms with Gasteiger partial charge in [-0.1, -0.05) is 12.1 Å². The molecule has 26 heavy (non-hydrogen) atoms. The van der Waals surface area contributed by atoms with Crippen LogP contribution in [0.15, 0.2) is 30.3 Å². The molecule has 7 heteroatoms. The van der Waals surface area contributed by atoms with Crippen molar-refractivity contribution in [3.63, 3.8) is 0 Å². The summed E-state index contributed by atoms with van der Waals surface area (Å²) in [7, 11) is 1.56. The van der Waals surface area contributed by atoms with Gasteiger partial charge in [0.1, 0.15) is 0 Å². The lowest BCUT2D eigenvalue weighted by atomic mass is 10.1. The quantitative estimate of drug-likeness (QED) is 0.891. The number of amides is 2. The average molecular weight is 356 g/mol. The molecule has 0 aliphatic carbocycles. The molecule has 1 aliphatic heterocycles. The third-order valence-electron chi connectivity index (χ3n) is 4.50. The summed E-state index contributed by atoms with van der Waals surface area (Å²) in [6.07, 6.45) is -0.615. The van der Waals surface area contributed by atoms with Crippen LogP contribution in [0, 0.1) is 13.8 Å². The summed E-state index contributed by atoms with van der Waals surface area (Å²) in [5.74, 6) is -0.293. The first-order chi connectivity index (χ1) is 12.5. The number of benzene rings is 1. The standard InChI is InChI=1S/C19H24N4O3/c1-13-9-14(2)23(21-13)11-15-5-4-6-16(10-15)19(25)22-7-8-26-17(12-22)18(24)20-3/h4-6,9-10,17H,7-8,11-12H2,1-3H3,(H,20,24)/t17-/m1/s1. The number of nitrogens with one attached hydrogen (secondary N) is 1. The number of likely N-dealkylation sites (N-methyl/N-ethyl adjacent to an activating group) is 1. The van der Waals surface area contributed by atoms with E-state index in [4.69, 9.17) is 4.74 Å². The molecule has 138 valence electrons. The molecule has 0 unspecified atom stereocenters. The average Bonchev–Trinajstić information content (AvgIpc) is 2.97. The van der Waals surface area contributed by atoms with E-state index in [1.165, 1.54) is 0 Å². The second kappa shape index (κ2) is 7.70. The summed E-state index contributed by atoms with van der Waals surface area (Å²) < 4.78 is 7.37. The molecule has 0 bridgehead atoms. The molecule has 2 amide bonds. The molecule has 1 aromatic carbocycles. The van der Waals surface area contributed by atoms with E-state index in [2.05, 4.69) is 10.4 Å². The van der Waals surface area contributed by atoms with E-state index in [0.29, 0.717) is 25.3 Å². The van der Waals surface area contributed by atoms with Crippen LogP contribution >= 0.6 is 0 Å². The lowest BCUT2D eigenvalue weighted by Gasteiger charge is -2.32. The van der Waals surface area contributed by atoms with E-state index in [9.17, 15) is 9.59 Å². The van der Waals surface area contributed by atoms with Crippen LogP contribution in [0.4, 0.5) is 0 Å². The number of rotatable bonds is 4. The van der Waals surface area contributed by atoms with E-state index >= 15 is 0 Å². The van der Waals surface area contributed by atoms with Gasteiger partial charge in [0, 0.05) is 24.8 Å². The Kier molecular flexibility index (Phi) is 5.37. The second-order valence-electron chi connectivity index (χ2n) is 6.51. The van der Waals surface area contributed by atoms with Gasteiger partial charge in [-0.05, 0) is 37.6 Å². The number of aromatic nitrogens is 2. The van der Waals surface area contributed by atoms with Crippen LogP contribution in [0.2, 0.25) is 0 Å². The zero-order chi connectivity index (χ0) is 18.7. The first-order valence-electron chi connectivity index (χ1n) is 8.70. The van der Waals surface area contributed by atoms with E-state index < -0.39 is 6.10 Å². The number of morpholine rings is 1. The molecule has 2 heterocycles. The predicted octanol–water partition coefficient (Wildman–Crippen LogP) is 1.14. The van der Waals surface area contributed by atoms with Gasteiger partial charge < -0.3 is 15.0 Å². The van der Waals surface area contributed by atoms with E-state index in [-0.39, 0.29) is 18.4 Å². The van der Waals surface area contributed by atoms with Gasteiger partial charge in [0.15, 0.2) is 6.10 Å². The van der Waals surface area contributed by atoms with Crippen LogP contribution in [0.25, 0.3) is 0 Å². The number of ether oxygens (including phenoxy) is 1. The second-order valence-corrected chi connectivity index (χ2v) is 6.51. The Hall–Kier alpha value is -2.67. The van der Waals surface area contributed by atoms with E-state index in [1.807, 2.05) is 42.8 Å². The number of hydrogen-bond acceptors (Lipinski definition) is 4. The summed E-state index contributed by atoms with van der Waals surface area (Å²) in [4.78, 5) is 26.3. The zero-order valence-corrected chi connectivity index (χ0v) is 15.4. The number of nitrogens with zero attached hydrogens (tertiary/aromatic N) is 3. The van der Waals surface area contributed by atoms with Gasteiger partial charge >= 0.3 is 0 Å². The highest BCUT2D eigenvalue weighted by molar-refractivity contribution is 5.95. The fraction of sp³-hybridized carbons (Fsp3) is 0.421. The lowest BCUT2D eigenvalue weighted by Crippen LogP contribution is -2.51. The minimum atomic E-state index is -0.615. The number of hydrogen-bond donors (Lipinski definition) is 1. The monoisotopic (exact) mass is 356 g/mol. The first-order valence-corrected chi connectivity index (χ1v) is 8.70. The van der Waals surface area contributed by atoms with Crippen molar-refractivity contribution in [3.05, 3.63) is 52.8 Å². The van der Waals surface area contributed by atoms with Crippen LogP contribution in [0.5, 0.6) is 0 Å². The molecule has 1 atom stereocenters. The molecule has 7 nitrogen and oxygen atoms in total. The van der Waals surface area contributed by atoms with Crippen LogP contribution in [0.3, 0.4) is 0 Å². The van der Waals surface area contributed by atoms with E-state index in [1.54, 1.807) is 18.0 Å². The normalized spacial score (nSPS) is 17.2.